The Balaban J connectivity index is 2.02. The molecule has 0 N–H and O–H groups in total. The van der Waals surface area contributed by atoms with Crippen molar-refractivity contribution in [3.8, 4) is 17.6 Å². The predicted molar refractivity (Wildman–Crippen MR) is 67.9 cm³/mol. The molecule has 5 heteroatoms. The Hall–Kier alpha value is -2.22. The van der Waals surface area contributed by atoms with Crippen LogP contribution in [0.4, 0.5) is 5.69 Å². The van der Waals surface area contributed by atoms with Crippen molar-refractivity contribution in [3.05, 3.63) is 18.2 Å². The van der Waals surface area contributed by atoms with E-state index in [1.165, 1.54) is 0 Å². The largest absolute Gasteiger partial charge is 0.454 e. The highest BCUT2D eigenvalue weighted by molar-refractivity contribution is 5.98. The molecule has 1 saturated heterocycles. The lowest BCUT2D eigenvalue weighted by Gasteiger charge is -2.33. The lowest BCUT2D eigenvalue weighted by Crippen LogP contribution is -2.44. The Bertz CT molecular complexity index is 589. The van der Waals surface area contributed by atoms with Crippen LogP contribution in [0.1, 0.15) is 20.3 Å². The minimum absolute atomic E-state index is 0.0320. The number of nitrogens with zero attached hydrogens (tertiary/aromatic N) is 2. The van der Waals surface area contributed by atoms with E-state index in [-0.39, 0.29) is 25.0 Å². The summed E-state index contributed by atoms with van der Waals surface area (Å²) in [4.78, 5) is 13.8. The van der Waals surface area contributed by atoms with E-state index in [4.69, 9.17) is 14.7 Å². The van der Waals surface area contributed by atoms with Gasteiger partial charge in [-0.1, -0.05) is 0 Å². The van der Waals surface area contributed by atoms with Gasteiger partial charge in [-0.15, -0.1) is 0 Å². The Labute approximate surface area is 111 Å². The van der Waals surface area contributed by atoms with E-state index >= 15 is 0 Å². The number of carbonyl (C=O) groups is 1. The standard InChI is InChI=1S/C14H14N2O3/c1-14(2)9(7-15)5-13(17)16(14)10-3-4-11-12(6-10)19-8-18-11/h3-4,6,9H,5,8H2,1-2H3. The van der Waals surface area contributed by atoms with E-state index in [0.29, 0.717) is 11.5 Å². The van der Waals surface area contributed by atoms with Gasteiger partial charge in [-0.05, 0) is 26.0 Å². The van der Waals surface area contributed by atoms with Crippen molar-refractivity contribution in [3.63, 3.8) is 0 Å². The van der Waals surface area contributed by atoms with Crippen LogP contribution in [0, 0.1) is 17.2 Å². The zero-order valence-electron chi connectivity index (χ0n) is 10.8. The molecule has 0 radical (unpaired) electrons. The monoisotopic (exact) mass is 258 g/mol. The number of carbonyl (C=O) groups excluding carboxylic acids is 1. The molecule has 0 saturated carbocycles. The molecule has 1 atom stereocenters. The fourth-order valence-electron chi connectivity index (χ4n) is 2.70. The minimum Gasteiger partial charge on any atom is -0.454 e. The molecule has 0 aromatic heterocycles. The number of amides is 1. The van der Waals surface area contributed by atoms with E-state index in [0.717, 1.165) is 5.69 Å². The van der Waals surface area contributed by atoms with E-state index in [2.05, 4.69) is 6.07 Å². The Kier molecular flexibility index (Phi) is 2.42. The van der Waals surface area contributed by atoms with Gasteiger partial charge in [0.1, 0.15) is 0 Å². The van der Waals surface area contributed by atoms with Crippen LogP contribution in [0.25, 0.3) is 0 Å². The van der Waals surface area contributed by atoms with Crippen LogP contribution in [0.2, 0.25) is 0 Å². The predicted octanol–water partition coefficient (Wildman–Crippen LogP) is 2.07. The average Bonchev–Trinajstić information content (AvgIpc) is 2.90. The molecule has 19 heavy (non-hydrogen) atoms. The maximum atomic E-state index is 12.2. The van der Waals surface area contributed by atoms with Gasteiger partial charge in [-0.2, -0.15) is 5.26 Å². The highest BCUT2D eigenvalue weighted by atomic mass is 16.7. The number of hydrogen-bond donors (Lipinski definition) is 0. The number of benzene rings is 1. The second-order valence-electron chi connectivity index (χ2n) is 5.31. The van der Waals surface area contributed by atoms with Gasteiger partial charge < -0.3 is 14.4 Å². The fourth-order valence-corrected chi connectivity index (χ4v) is 2.70. The quantitative estimate of drug-likeness (QED) is 0.773. The third-order valence-electron chi connectivity index (χ3n) is 3.83. The molecule has 2 aliphatic rings. The summed E-state index contributed by atoms with van der Waals surface area (Å²) in [6.07, 6.45) is 0.262. The zero-order chi connectivity index (χ0) is 13.6. The van der Waals surface area contributed by atoms with Crippen molar-refractivity contribution in [2.75, 3.05) is 11.7 Å². The number of ether oxygens (including phenoxy) is 2. The summed E-state index contributed by atoms with van der Waals surface area (Å²) < 4.78 is 10.6. The van der Waals surface area contributed by atoms with E-state index < -0.39 is 5.54 Å². The van der Waals surface area contributed by atoms with Crippen molar-refractivity contribution in [2.45, 2.75) is 25.8 Å². The van der Waals surface area contributed by atoms with Crippen LogP contribution in [0.15, 0.2) is 18.2 Å². The molecule has 2 heterocycles. The molecule has 1 aromatic rings. The summed E-state index contributed by atoms with van der Waals surface area (Å²) in [5.74, 6) is 0.993. The van der Waals surface area contributed by atoms with Crippen LogP contribution >= 0.6 is 0 Å². The highest BCUT2D eigenvalue weighted by Crippen LogP contribution is 2.42. The fraction of sp³-hybridized carbons (Fsp3) is 0.429. The lowest BCUT2D eigenvalue weighted by atomic mass is 9.89. The molecular formula is C14H14N2O3. The van der Waals surface area contributed by atoms with Crippen LogP contribution in [-0.4, -0.2) is 18.2 Å². The summed E-state index contributed by atoms with van der Waals surface area (Å²) in [7, 11) is 0. The minimum atomic E-state index is -0.514. The van der Waals surface area contributed by atoms with Gasteiger partial charge >= 0.3 is 0 Å². The maximum absolute atomic E-state index is 12.2. The second kappa shape index (κ2) is 3.89. The number of hydrogen-bond acceptors (Lipinski definition) is 4. The van der Waals surface area contributed by atoms with Gasteiger partial charge in [0.05, 0.1) is 17.5 Å². The molecule has 1 aromatic carbocycles. The van der Waals surface area contributed by atoms with Gasteiger partial charge in [0, 0.05) is 18.2 Å². The van der Waals surface area contributed by atoms with Gasteiger partial charge in [-0.25, -0.2) is 0 Å². The van der Waals surface area contributed by atoms with Gasteiger partial charge in [0.2, 0.25) is 12.7 Å². The third-order valence-corrected chi connectivity index (χ3v) is 3.83. The van der Waals surface area contributed by atoms with Crippen molar-refractivity contribution in [2.24, 2.45) is 5.92 Å². The molecule has 0 bridgehead atoms. The first-order chi connectivity index (χ1) is 9.04. The molecule has 0 spiro atoms. The molecule has 0 aliphatic carbocycles. The van der Waals surface area contributed by atoms with Gasteiger partial charge in [0.15, 0.2) is 11.5 Å². The first kappa shape index (κ1) is 11.8. The maximum Gasteiger partial charge on any atom is 0.231 e. The first-order valence-corrected chi connectivity index (χ1v) is 6.16. The normalized spacial score (nSPS) is 23.5. The Morgan fingerprint density at radius 3 is 2.79 bits per heavy atom. The highest BCUT2D eigenvalue weighted by Gasteiger charge is 2.47. The number of nitriles is 1. The smallest absolute Gasteiger partial charge is 0.231 e. The summed E-state index contributed by atoms with van der Waals surface area (Å²) in [5, 5.41) is 9.17. The average molecular weight is 258 g/mol. The van der Waals surface area contributed by atoms with Crippen LogP contribution in [0.5, 0.6) is 11.5 Å². The van der Waals surface area contributed by atoms with Gasteiger partial charge in [-0.3, -0.25) is 4.79 Å². The van der Waals surface area contributed by atoms with Crippen LogP contribution in [0.3, 0.4) is 0 Å². The number of fused-ring (bicyclic) bond motifs is 1. The molecule has 5 nitrogen and oxygen atoms in total. The molecule has 98 valence electrons. The lowest BCUT2D eigenvalue weighted by molar-refractivity contribution is -0.117. The second-order valence-corrected chi connectivity index (χ2v) is 5.31. The van der Waals surface area contributed by atoms with Gasteiger partial charge in [0.25, 0.3) is 0 Å². The molecule has 3 rings (SSSR count). The van der Waals surface area contributed by atoms with E-state index in [9.17, 15) is 4.79 Å². The summed E-state index contributed by atoms with van der Waals surface area (Å²) in [6.45, 7) is 4.03. The summed E-state index contributed by atoms with van der Waals surface area (Å²) in [6, 6.07) is 7.63. The van der Waals surface area contributed by atoms with Crippen molar-refractivity contribution in [1.82, 2.24) is 0 Å². The molecule has 2 aliphatic heterocycles. The van der Waals surface area contributed by atoms with E-state index in [1.54, 1.807) is 17.0 Å². The Morgan fingerprint density at radius 2 is 2.11 bits per heavy atom. The van der Waals surface area contributed by atoms with Crippen molar-refractivity contribution >= 4 is 11.6 Å². The first-order valence-electron chi connectivity index (χ1n) is 6.16. The topological polar surface area (TPSA) is 62.6 Å². The Morgan fingerprint density at radius 1 is 1.37 bits per heavy atom. The SMILES string of the molecule is CC1(C)C(C#N)CC(=O)N1c1ccc2c(c1)OCO2. The summed E-state index contributed by atoms with van der Waals surface area (Å²) >= 11 is 0. The zero-order valence-corrected chi connectivity index (χ0v) is 10.8. The number of anilines is 1. The molecule has 1 unspecified atom stereocenters. The van der Waals surface area contributed by atoms with E-state index in [1.807, 2.05) is 19.9 Å². The van der Waals surface area contributed by atoms with Crippen molar-refractivity contribution < 1.29 is 14.3 Å². The summed E-state index contributed by atoms with van der Waals surface area (Å²) in [5.41, 5.74) is 0.233. The van der Waals surface area contributed by atoms with Crippen LogP contribution in [-0.2, 0) is 4.79 Å². The van der Waals surface area contributed by atoms with Crippen LogP contribution < -0.4 is 14.4 Å². The third kappa shape index (κ3) is 1.64. The molecule has 1 fully saturated rings. The number of rotatable bonds is 1. The van der Waals surface area contributed by atoms with Crippen molar-refractivity contribution in [1.29, 1.82) is 5.26 Å². The molecule has 1 amide bonds. The molecular weight excluding hydrogens is 244 g/mol.